The minimum Gasteiger partial charge on any atom is -0.347 e. The van der Waals surface area contributed by atoms with Crippen LogP contribution in [0.15, 0.2) is 61.7 Å². The summed E-state index contributed by atoms with van der Waals surface area (Å²) < 4.78 is 0. The van der Waals surface area contributed by atoms with Crippen molar-refractivity contribution in [3.05, 3.63) is 83.9 Å². The lowest BCUT2D eigenvalue weighted by Crippen LogP contribution is -2.47. The van der Waals surface area contributed by atoms with Gasteiger partial charge < -0.3 is 16.0 Å². The number of carbonyl (C=O) groups excluding carboxylic acids is 2. The molecule has 206 valence electrons. The van der Waals surface area contributed by atoms with E-state index in [1.54, 1.807) is 0 Å². The predicted molar refractivity (Wildman–Crippen MR) is 161 cm³/mol. The molecule has 0 fully saturated rings. The van der Waals surface area contributed by atoms with Crippen molar-refractivity contribution >= 4 is 23.1 Å². The second-order valence-electron chi connectivity index (χ2n) is 11.7. The third kappa shape index (κ3) is 9.51. The van der Waals surface area contributed by atoms with E-state index < -0.39 is 11.1 Å². The number of rotatable bonds is 13. The lowest BCUT2D eigenvalue weighted by atomic mass is 9.91. The van der Waals surface area contributed by atoms with Gasteiger partial charge in [-0.1, -0.05) is 74.0 Å². The number of amides is 3. The Labute approximate surface area is 230 Å². The van der Waals surface area contributed by atoms with Crippen molar-refractivity contribution in [2.45, 2.75) is 85.2 Å². The summed E-state index contributed by atoms with van der Waals surface area (Å²) >= 11 is 0. The lowest BCUT2D eigenvalue weighted by Gasteiger charge is -2.28. The van der Waals surface area contributed by atoms with Crippen LogP contribution in [0.25, 0.3) is 11.1 Å². The van der Waals surface area contributed by atoms with Crippen LogP contribution in [-0.4, -0.2) is 18.5 Å². The van der Waals surface area contributed by atoms with Crippen molar-refractivity contribution in [2.24, 2.45) is 5.92 Å². The van der Waals surface area contributed by atoms with Gasteiger partial charge in [0.05, 0.1) is 11.1 Å². The molecule has 0 bridgehead atoms. The van der Waals surface area contributed by atoms with Gasteiger partial charge in [0.15, 0.2) is 0 Å². The standard InChI is InChI=1S/C33H47N3O2/c1-23(2)26-15-12-17-28(20-26)32(6,7)35-30(37)19-11-10-14-25(5)22-34-31(38)36-33(8,9)29-18-13-16-27(21-29)24(3)4/h12-13,15-18,20-21,25H,1,3,10-11,14,19,22H2,2,4-9H3,(H,35,37)(H2,34,36,38). The van der Waals surface area contributed by atoms with E-state index in [1.165, 1.54) is 0 Å². The molecule has 0 spiro atoms. The molecule has 2 aromatic carbocycles. The Bertz CT molecular complexity index is 1150. The fourth-order valence-corrected chi connectivity index (χ4v) is 4.38. The SMILES string of the molecule is C=C(C)c1cccc(C(C)(C)NC(=O)CCCCC(C)CNC(=O)NC(C)(C)c2cccc(C(=C)C)c2)c1. The van der Waals surface area contributed by atoms with Gasteiger partial charge in [-0.25, -0.2) is 4.79 Å². The molecule has 5 heteroatoms. The maximum Gasteiger partial charge on any atom is 0.315 e. The summed E-state index contributed by atoms with van der Waals surface area (Å²) in [5.41, 5.74) is 5.30. The average molecular weight is 518 g/mol. The molecule has 1 atom stereocenters. The minimum atomic E-state index is -0.508. The van der Waals surface area contributed by atoms with Crippen LogP contribution < -0.4 is 16.0 Å². The Morgan fingerprint density at radius 3 is 1.82 bits per heavy atom. The second kappa shape index (κ2) is 13.5. The highest BCUT2D eigenvalue weighted by molar-refractivity contribution is 5.77. The van der Waals surface area contributed by atoms with Crippen molar-refractivity contribution in [3.63, 3.8) is 0 Å². The van der Waals surface area contributed by atoms with Crippen LogP contribution in [0.2, 0.25) is 0 Å². The molecule has 0 radical (unpaired) electrons. The number of hydrogen-bond acceptors (Lipinski definition) is 2. The third-order valence-corrected chi connectivity index (χ3v) is 6.99. The molecule has 0 saturated carbocycles. The second-order valence-corrected chi connectivity index (χ2v) is 11.7. The average Bonchev–Trinajstić information content (AvgIpc) is 2.85. The Morgan fingerprint density at radius 1 is 0.816 bits per heavy atom. The quantitative estimate of drug-likeness (QED) is 0.240. The van der Waals surface area contributed by atoms with Crippen molar-refractivity contribution in [1.29, 1.82) is 0 Å². The zero-order chi connectivity index (χ0) is 28.5. The van der Waals surface area contributed by atoms with Gasteiger partial charge in [0.25, 0.3) is 0 Å². The summed E-state index contributed by atoms with van der Waals surface area (Å²) in [5.74, 6) is 0.374. The molecule has 0 aromatic heterocycles. The van der Waals surface area contributed by atoms with Gasteiger partial charge in [-0.15, -0.1) is 0 Å². The first kappa shape index (κ1) is 30.9. The molecular formula is C33H47N3O2. The number of unbranched alkanes of at least 4 members (excludes halogenated alkanes) is 1. The van der Waals surface area contributed by atoms with E-state index >= 15 is 0 Å². The molecule has 5 nitrogen and oxygen atoms in total. The highest BCUT2D eigenvalue weighted by Gasteiger charge is 2.24. The largest absolute Gasteiger partial charge is 0.347 e. The molecule has 0 aliphatic heterocycles. The first-order valence-corrected chi connectivity index (χ1v) is 13.6. The van der Waals surface area contributed by atoms with Crippen LogP contribution in [0, 0.1) is 5.92 Å². The zero-order valence-corrected chi connectivity index (χ0v) is 24.5. The van der Waals surface area contributed by atoms with E-state index in [-0.39, 0.29) is 11.9 Å². The summed E-state index contributed by atoms with van der Waals surface area (Å²) in [7, 11) is 0. The Hall–Kier alpha value is -3.34. The first-order valence-electron chi connectivity index (χ1n) is 13.6. The van der Waals surface area contributed by atoms with Crippen molar-refractivity contribution < 1.29 is 9.59 Å². The maximum absolute atomic E-state index is 12.6. The molecule has 2 aromatic rings. The molecule has 2 rings (SSSR count). The highest BCUT2D eigenvalue weighted by Crippen LogP contribution is 2.25. The maximum atomic E-state index is 12.6. The molecule has 38 heavy (non-hydrogen) atoms. The van der Waals surface area contributed by atoms with E-state index in [2.05, 4.69) is 48.2 Å². The van der Waals surface area contributed by atoms with Gasteiger partial charge in [-0.2, -0.15) is 0 Å². The van der Waals surface area contributed by atoms with Gasteiger partial charge >= 0.3 is 6.03 Å². The third-order valence-electron chi connectivity index (χ3n) is 6.99. The molecule has 0 aliphatic carbocycles. The van der Waals surface area contributed by atoms with E-state index in [0.29, 0.717) is 18.9 Å². The monoisotopic (exact) mass is 517 g/mol. The van der Waals surface area contributed by atoms with Gasteiger partial charge in [0.1, 0.15) is 0 Å². The first-order chi connectivity index (χ1) is 17.7. The number of nitrogens with one attached hydrogen (secondary N) is 3. The van der Waals surface area contributed by atoms with Crippen molar-refractivity contribution in [1.82, 2.24) is 16.0 Å². The summed E-state index contributed by atoms with van der Waals surface area (Å²) in [6, 6.07) is 16.1. The molecule has 3 amide bonds. The highest BCUT2D eigenvalue weighted by atomic mass is 16.2. The molecule has 3 N–H and O–H groups in total. The molecular weight excluding hydrogens is 470 g/mol. The predicted octanol–water partition coefficient (Wildman–Crippen LogP) is 7.54. The van der Waals surface area contributed by atoms with Crippen molar-refractivity contribution in [2.75, 3.05) is 6.54 Å². The Balaban J connectivity index is 1.72. The van der Waals surface area contributed by atoms with Gasteiger partial charge in [-0.05, 0) is 94.7 Å². The lowest BCUT2D eigenvalue weighted by molar-refractivity contribution is -0.122. The number of benzene rings is 2. The van der Waals surface area contributed by atoms with Gasteiger partial charge in [0, 0.05) is 13.0 Å². The number of allylic oxidation sites excluding steroid dienone is 2. The number of hydrogen-bond donors (Lipinski definition) is 3. The summed E-state index contributed by atoms with van der Waals surface area (Å²) in [5, 5.41) is 9.26. The van der Waals surface area contributed by atoms with E-state index in [1.807, 2.05) is 77.9 Å². The Morgan fingerprint density at radius 2 is 1.32 bits per heavy atom. The van der Waals surface area contributed by atoms with Gasteiger partial charge in [-0.3, -0.25) is 4.79 Å². The fourth-order valence-electron chi connectivity index (χ4n) is 4.38. The number of carbonyl (C=O) groups is 2. The van der Waals surface area contributed by atoms with Crippen LogP contribution in [0.5, 0.6) is 0 Å². The zero-order valence-electron chi connectivity index (χ0n) is 24.5. The minimum absolute atomic E-state index is 0.0545. The summed E-state index contributed by atoms with van der Waals surface area (Å²) in [6.07, 6.45) is 3.18. The van der Waals surface area contributed by atoms with Gasteiger partial charge in [0.2, 0.25) is 5.91 Å². The molecule has 0 aliphatic rings. The van der Waals surface area contributed by atoms with E-state index in [0.717, 1.165) is 52.7 Å². The van der Waals surface area contributed by atoms with Crippen LogP contribution >= 0.6 is 0 Å². The molecule has 1 unspecified atom stereocenters. The van der Waals surface area contributed by atoms with Crippen molar-refractivity contribution in [3.8, 4) is 0 Å². The Kier molecular flexibility index (Phi) is 10.9. The summed E-state index contributed by atoms with van der Waals surface area (Å²) in [6.45, 7) is 22.8. The smallest absolute Gasteiger partial charge is 0.315 e. The van der Waals surface area contributed by atoms with E-state index in [9.17, 15) is 9.59 Å². The normalized spacial score (nSPS) is 12.4. The fraction of sp³-hybridized carbons (Fsp3) is 0.455. The number of urea groups is 1. The molecule has 0 saturated heterocycles. The summed E-state index contributed by atoms with van der Waals surface area (Å²) in [4.78, 5) is 25.2. The van der Waals surface area contributed by atoms with Crippen LogP contribution in [-0.2, 0) is 15.9 Å². The van der Waals surface area contributed by atoms with Crippen LogP contribution in [0.1, 0.15) is 96.4 Å². The van der Waals surface area contributed by atoms with Crippen LogP contribution in [0.4, 0.5) is 4.79 Å². The topological polar surface area (TPSA) is 70.2 Å². The van der Waals surface area contributed by atoms with Crippen LogP contribution in [0.3, 0.4) is 0 Å². The van der Waals surface area contributed by atoms with E-state index in [4.69, 9.17) is 0 Å². The molecule has 0 heterocycles.